The van der Waals surface area contributed by atoms with Crippen molar-refractivity contribution in [2.75, 3.05) is 23.7 Å². The fraction of sp³-hybridized carbons (Fsp3) is 0.350. The third-order valence-electron chi connectivity index (χ3n) is 4.34. The highest BCUT2D eigenvalue weighted by Gasteiger charge is 2.18. The molecule has 136 valence electrons. The lowest BCUT2D eigenvalue weighted by atomic mass is 10.2. The number of pyridine rings is 1. The highest BCUT2D eigenvalue weighted by atomic mass is 16.2. The van der Waals surface area contributed by atoms with E-state index < -0.39 is 0 Å². The van der Waals surface area contributed by atoms with Crippen molar-refractivity contribution in [2.45, 2.75) is 32.6 Å². The maximum atomic E-state index is 12.7. The van der Waals surface area contributed by atoms with Gasteiger partial charge in [-0.2, -0.15) is 0 Å². The van der Waals surface area contributed by atoms with Gasteiger partial charge in [0.25, 0.3) is 5.91 Å². The normalized spacial score (nSPS) is 14.4. The Kier molecular flexibility index (Phi) is 5.84. The molecule has 1 aromatic carbocycles. The van der Waals surface area contributed by atoms with Crippen LogP contribution in [0.2, 0.25) is 0 Å². The molecular weight excluding hydrogens is 328 g/mol. The Balaban J connectivity index is 1.73. The number of carbonyl (C=O) groups excluding carboxylic acids is 2. The van der Waals surface area contributed by atoms with Crippen LogP contribution >= 0.6 is 0 Å². The van der Waals surface area contributed by atoms with Crippen molar-refractivity contribution in [1.82, 2.24) is 9.88 Å². The van der Waals surface area contributed by atoms with Crippen molar-refractivity contribution in [2.24, 2.45) is 0 Å². The van der Waals surface area contributed by atoms with E-state index in [-0.39, 0.29) is 11.8 Å². The zero-order chi connectivity index (χ0) is 18.4. The maximum absolute atomic E-state index is 12.7. The van der Waals surface area contributed by atoms with Crippen molar-refractivity contribution in [3.05, 3.63) is 48.3 Å². The summed E-state index contributed by atoms with van der Waals surface area (Å²) in [6, 6.07) is 11.0. The number of amides is 2. The van der Waals surface area contributed by atoms with Crippen LogP contribution in [0.3, 0.4) is 0 Å². The van der Waals surface area contributed by atoms with Crippen LogP contribution < -0.4 is 10.6 Å². The molecule has 6 nitrogen and oxygen atoms in total. The number of nitrogens with one attached hydrogen (secondary N) is 2. The molecule has 0 bridgehead atoms. The Morgan fingerprint density at radius 1 is 0.962 bits per heavy atom. The third kappa shape index (κ3) is 4.81. The molecule has 3 rings (SSSR count). The monoisotopic (exact) mass is 352 g/mol. The van der Waals surface area contributed by atoms with E-state index in [1.807, 2.05) is 35.2 Å². The van der Waals surface area contributed by atoms with Gasteiger partial charge in [-0.05, 0) is 43.2 Å². The second-order valence-corrected chi connectivity index (χ2v) is 6.52. The number of anilines is 3. The van der Waals surface area contributed by atoms with E-state index in [9.17, 15) is 9.59 Å². The van der Waals surface area contributed by atoms with Gasteiger partial charge < -0.3 is 15.5 Å². The van der Waals surface area contributed by atoms with Gasteiger partial charge >= 0.3 is 0 Å². The molecule has 2 heterocycles. The largest absolute Gasteiger partial charge is 0.355 e. The number of aromatic nitrogens is 1. The fourth-order valence-electron chi connectivity index (χ4n) is 3.11. The molecule has 2 amide bonds. The summed E-state index contributed by atoms with van der Waals surface area (Å²) >= 11 is 0. The molecule has 1 fully saturated rings. The number of carbonyl (C=O) groups is 2. The lowest BCUT2D eigenvalue weighted by Gasteiger charge is -2.20. The highest BCUT2D eigenvalue weighted by molar-refractivity contribution is 5.93. The molecule has 2 aromatic rings. The van der Waals surface area contributed by atoms with Crippen LogP contribution in [0.5, 0.6) is 0 Å². The highest BCUT2D eigenvalue weighted by Crippen LogP contribution is 2.21. The maximum Gasteiger partial charge on any atom is 0.272 e. The van der Waals surface area contributed by atoms with Crippen LogP contribution in [0.1, 0.15) is 43.1 Å². The standard InChI is InChI=1S/C20H24N4O2/c1-15(25)22-16-7-6-8-17(13-16)23-18-9-10-21-19(14-18)20(26)24-11-4-2-3-5-12-24/h6-10,13-14H,2-5,11-12H2,1H3,(H,21,23)(H,22,25). The Bertz CT molecular complexity index is 783. The van der Waals surface area contributed by atoms with Crippen molar-refractivity contribution in [1.29, 1.82) is 0 Å². The summed E-state index contributed by atoms with van der Waals surface area (Å²) in [6.45, 7) is 3.08. The summed E-state index contributed by atoms with van der Waals surface area (Å²) in [5.74, 6) is -0.126. The zero-order valence-electron chi connectivity index (χ0n) is 15.0. The predicted molar refractivity (Wildman–Crippen MR) is 103 cm³/mol. The van der Waals surface area contributed by atoms with Crippen molar-refractivity contribution in [3.8, 4) is 0 Å². The van der Waals surface area contributed by atoms with E-state index >= 15 is 0 Å². The number of nitrogens with zero attached hydrogens (tertiary/aromatic N) is 2. The SMILES string of the molecule is CC(=O)Nc1cccc(Nc2ccnc(C(=O)N3CCCCCC3)c2)c1. The molecular formula is C20H24N4O2. The Morgan fingerprint density at radius 3 is 2.38 bits per heavy atom. The lowest BCUT2D eigenvalue weighted by molar-refractivity contribution is -0.114. The molecule has 26 heavy (non-hydrogen) atoms. The van der Waals surface area contributed by atoms with E-state index in [0.29, 0.717) is 5.69 Å². The van der Waals surface area contributed by atoms with Gasteiger partial charge in [0.15, 0.2) is 0 Å². The summed E-state index contributed by atoms with van der Waals surface area (Å²) in [4.78, 5) is 30.1. The van der Waals surface area contributed by atoms with E-state index in [2.05, 4.69) is 15.6 Å². The number of likely N-dealkylation sites (tertiary alicyclic amines) is 1. The number of rotatable bonds is 4. The van der Waals surface area contributed by atoms with Crippen LogP contribution in [0, 0.1) is 0 Å². The molecule has 0 radical (unpaired) electrons. The quantitative estimate of drug-likeness (QED) is 0.878. The van der Waals surface area contributed by atoms with Crippen LogP contribution in [-0.4, -0.2) is 34.8 Å². The Hall–Kier alpha value is -2.89. The summed E-state index contributed by atoms with van der Waals surface area (Å²) in [5.41, 5.74) is 2.79. The van der Waals surface area contributed by atoms with Gasteiger partial charge in [-0.15, -0.1) is 0 Å². The van der Waals surface area contributed by atoms with Gasteiger partial charge in [-0.3, -0.25) is 14.6 Å². The first kappa shape index (κ1) is 17.9. The minimum absolute atomic E-state index is 0.0115. The molecule has 0 spiro atoms. The van der Waals surface area contributed by atoms with Crippen molar-refractivity contribution < 1.29 is 9.59 Å². The predicted octanol–water partition coefficient (Wildman–Crippen LogP) is 3.80. The summed E-state index contributed by atoms with van der Waals surface area (Å²) in [6.07, 6.45) is 6.12. The Labute approximate surface area is 153 Å². The molecule has 0 saturated carbocycles. The minimum atomic E-state index is -0.114. The number of benzene rings is 1. The average molecular weight is 352 g/mol. The topological polar surface area (TPSA) is 74.3 Å². The summed E-state index contributed by atoms with van der Waals surface area (Å²) < 4.78 is 0. The third-order valence-corrected chi connectivity index (χ3v) is 4.34. The van der Waals surface area contributed by atoms with Gasteiger partial charge in [-0.25, -0.2) is 0 Å². The van der Waals surface area contributed by atoms with E-state index in [1.54, 1.807) is 12.3 Å². The molecule has 0 unspecified atom stereocenters. The van der Waals surface area contributed by atoms with E-state index in [1.165, 1.54) is 19.8 Å². The van der Waals surface area contributed by atoms with E-state index in [4.69, 9.17) is 0 Å². The first-order valence-electron chi connectivity index (χ1n) is 9.02. The van der Waals surface area contributed by atoms with Crippen molar-refractivity contribution >= 4 is 28.9 Å². The fourth-order valence-corrected chi connectivity index (χ4v) is 3.11. The molecule has 0 atom stereocenters. The summed E-state index contributed by atoms with van der Waals surface area (Å²) in [5, 5.41) is 6.02. The minimum Gasteiger partial charge on any atom is -0.355 e. The first-order chi connectivity index (χ1) is 12.6. The molecule has 6 heteroatoms. The van der Waals surface area contributed by atoms with Crippen LogP contribution in [0.25, 0.3) is 0 Å². The van der Waals surface area contributed by atoms with Gasteiger partial charge in [0.05, 0.1) is 0 Å². The van der Waals surface area contributed by atoms with Crippen LogP contribution in [-0.2, 0) is 4.79 Å². The molecule has 2 N–H and O–H groups in total. The zero-order valence-corrected chi connectivity index (χ0v) is 15.0. The van der Waals surface area contributed by atoms with Crippen LogP contribution in [0.4, 0.5) is 17.1 Å². The molecule has 1 aliphatic heterocycles. The van der Waals surface area contributed by atoms with Crippen LogP contribution in [0.15, 0.2) is 42.6 Å². The van der Waals surface area contributed by atoms with Gasteiger partial charge in [0.1, 0.15) is 5.69 Å². The number of hydrogen-bond donors (Lipinski definition) is 2. The second kappa shape index (κ2) is 8.47. The lowest BCUT2D eigenvalue weighted by Crippen LogP contribution is -2.32. The summed E-state index contributed by atoms with van der Waals surface area (Å²) in [7, 11) is 0. The molecule has 1 saturated heterocycles. The number of hydrogen-bond acceptors (Lipinski definition) is 4. The average Bonchev–Trinajstić information content (AvgIpc) is 2.90. The Morgan fingerprint density at radius 2 is 1.65 bits per heavy atom. The van der Waals surface area contributed by atoms with E-state index in [0.717, 1.165) is 43.0 Å². The molecule has 1 aromatic heterocycles. The van der Waals surface area contributed by atoms with Gasteiger partial charge in [0.2, 0.25) is 5.91 Å². The van der Waals surface area contributed by atoms with Gasteiger partial charge in [0, 0.05) is 43.3 Å². The van der Waals surface area contributed by atoms with Gasteiger partial charge in [-0.1, -0.05) is 18.9 Å². The molecule has 0 aliphatic carbocycles. The molecule has 1 aliphatic rings. The second-order valence-electron chi connectivity index (χ2n) is 6.52. The van der Waals surface area contributed by atoms with Crippen molar-refractivity contribution in [3.63, 3.8) is 0 Å². The first-order valence-corrected chi connectivity index (χ1v) is 9.02. The smallest absolute Gasteiger partial charge is 0.272 e.